The van der Waals surface area contributed by atoms with Crippen molar-refractivity contribution in [2.75, 3.05) is 7.11 Å². The van der Waals surface area contributed by atoms with Crippen LogP contribution in [-0.4, -0.2) is 13.0 Å². The molecule has 0 aliphatic heterocycles. The van der Waals surface area contributed by atoms with Crippen molar-refractivity contribution >= 4 is 5.91 Å². The van der Waals surface area contributed by atoms with E-state index in [1.165, 1.54) is 20.0 Å². The second-order valence-electron chi connectivity index (χ2n) is 4.53. The molecule has 1 fully saturated rings. The lowest BCUT2D eigenvalue weighted by molar-refractivity contribution is -0.136. The lowest BCUT2D eigenvalue weighted by Gasteiger charge is -2.29. The van der Waals surface area contributed by atoms with Crippen molar-refractivity contribution in [3.05, 3.63) is 0 Å². The molecule has 1 rings (SSSR count). The third-order valence-electron chi connectivity index (χ3n) is 3.29. The average molecular weight is 199 g/mol. The highest BCUT2D eigenvalue weighted by Gasteiger charge is 2.27. The average Bonchev–Trinajstić information content (AvgIpc) is 2.18. The highest BCUT2D eigenvalue weighted by Crippen LogP contribution is 2.33. The predicted molar refractivity (Wildman–Crippen MR) is 55.4 cm³/mol. The van der Waals surface area contributed by atoms with Crippen LogP contribution in [-0.2, 0) is 9.63 Å². The van der Waals surface area contributed by atoms with Crippen LogP contribution in [0.4, 0.5) is 0 Å². The van der Waals surface area contributed by atoms with E-state index >= 15 is 0 Å². The molecule has 0 unspecified atom stereocenters. The summed E-state index contributed by atoms with van der Waals surface area (Å²) in [5, 5.41) is 0. The van der Waals surface area contributed by atoms with Crippen molar-refractivity contribution in [1.29, 1.82) is 0 Å². The molecule has 0 saturated heterocycles. The fourth-order valence-corrected chi connectivity index (χ4v) is 2.23. The van der Waals surface area contributed by atoms with Crippen molar-refractivity contribution < 1.29 is 9.63 Å². The first-order valence-corrected chi connectivity index (χ1v) is 5.48. The molecule has 0 aromatic rings. The van der Waals surface area contributed by atoms with Gasteiger partial charge >= 0.3 is 0 Å². The molecule has 1 amide bonds. The molecule has 82 valence electrons. The summed E-state index contributed by atoms with van der Waals surface area (Å²) in [6, 6.07) is 0. The Morgan fingerprint density at radius 1 is 1.29 bits per heavy atom. The number of carbonyl (C=O) groups excluding carboxylic acids is 1. The molecule has 0 spiro atoms. The van der Waals surface area contributed by atoms with Gasteiger partial charge in [-0.15, -0.1) is 0 Å². The zero-order valence-electron chi connectivity index (χ0n) is 9.38. The minimum atomic E-state index is 0.0507. The van der Waals surface area contributed by atoms with Crippen LogP contribution < -0.4 is 5.48 Å². The van der Waals surface area contributed by atoms with Gasteiger partial charge in [-0.3, -0.25) is 9.63 Å². The lowest BCUT2D eigenvalue weighted by atomic mass is 9.77. The minimum Gasteiger partial charge on any atom is -0.277 e. The third kappa shape index (κ3) is 2.98. The number of rotatable bonds is 3. The second kappa shape index (κ2) is 5.35. The Balaban J connectivity index is 2.31. The van der Waals surface area contributed by atoms with Gasteiger partial charge < -0.3 is 0 Å². The first-order chi connectivity index (χ1) is 6.65. The van der Waals surface area contributed by atoms with Gasteiger partial charge in [-0.25, -0.2) is 5.48 Å². The van der Waals surface area contributed by atoms with Gasteiger partial charge in [0.2, 0.25) is 5.91 Å². The zero-order valence-corrected chi connectivity index (χ0v) is 9.38. The van der Waals surface area contributed by atoms with Crippen molar-refractivity contribution in [1.82, 2.24) is 5.48 Å². The summed E-state index contributed by atoms with van der Waals surface area (Å²) in [5.41, 5.74) is 2.42. The van der Waals surface area contributed by atoms with E-state index in [0.29, 0.717) is 0 Å². The SMILES string of the molecule is CONC(=O)[C@H]1CC[C@@H](C(C)C)CC1. The van der Waals surface area contributed by atoms with Crippen LogP contribution in [0.25, 0.3) is 0 Å². The zero-order chi connectivity index (χ0) is 10.6. The van der Waals surface area contributed by atoms with Crippen LogP contribution in [0.2, 0.25) is 0 Å². The Bertz CT molecular complexity index is 184. The number of hydroxylamine groups is 1. The highest BCUT2D eigenvalue weighted by molar-refractivity contribution is 5.77. The molecule has 0 bridgehead atoms. The monoisotopic (exact) mass is 199 g/mol. The fourth-order valence-electron chi connectivity index (χ4n) is 2.23. The molecule has 0 heterocycles. The van der Waals surface area contributed by atoms with E-state index in [1.807, 2.05) is 0 Å². The van der Waals surface area contributed by atoms with E-state index in [1.54, 1.807) is 0 Å². The van der Waals surface area contributed by atoms with Gasteiger partial charge in [0.25, 0.3) is 0 Å². The van der Waals surface area contributed by atoms with Gasteiger partial charge in [-0.05, 0) is 37.5 Å². The van der Waals surface area contributed by atoms with Crippen LogP contribution in [0.1, 0.15) is 39.5 Å². The fraction of sp³-hybridized carbons (Fsp3) is 0.909. The van der Waals surface area contributed by atoms with E-state index in [9.17, 15) is 4.79 Å². The smallest absolute Gasteiger partial charge is 0.246 e. The van der Waals surface area contributed by atoms with Gasteiger partial charge in [0.15, 0.2) is 0 Å². The van der Waals surface area contributed by atoms with Crippen molar-refractivity contribution in [3.8, 4) is 0 Å². The maximum absolute atomic E-state index is 11.4. The van der Waals surface area contributed by atoms with E-state index in [4.69, 9.17) is 0 Å². The molecule has 1 saturated carbocycles. The maximum atomic E-state index is 11.4. The van der Waals surface area contributed by atoms with Crippen LogP contribution in [0, 0.1) is 17.8 Å². The van der Waals surface area contributed by atoms with Crippen LogP contribution in [0.3, 0.4) is 0 Å². The summed E-state index contributed by atoms with van der Waals surface area (Å²) in [6.07, 6.45) is 4.38. The third-order valence-corrected chi connectivity index (χ3v) is 3.29. The molecular weight excluding hydrogens is 178 g/mol. The molecule has 0 aromatic heterocycles. The molecule has 0 radical (unpaired) electrons. The highest BCUT2D eigenvalue weighted by atomic mass is 16.6. The Kier molecular flexibility index (Phi) is 4.39. The van der Waals surface area contributed by atoms with Gasteiger partial charge in [0.1, 0.15) is 0 Å². The summed E-state index contributed by atoms with van der Waals surface area (Å²) in [5.74, 6) is 1.78. The minimum absolute atomic E-state index is 0.0507. The summed E-state index contributed by atoms with van der Waals surface area (Å²) >= 11 is 0. The molecular formula is C11H21NO2. The number of hydrogen-bond acceptors (Lipinski definition) is 2. The first-order valence-electron chi connectivity index (χ1n) is 5.48. The molecule has 0 aromatic carbocycles. The topological polar surface area (TPSA) is 38.3 Å². The normalized spacial score (nSPS) is 27.7. The van der Waals surface area contributed by atoms with Crippen LogP contribution in [0.15, 0.2) is 0 Å². The van der Waals surface area contributed by atoms with Gasteiger partial charge in [0, 0.05) is 5.92 Å². The molecule has 3 heteroatoms. The number of nitrogens with one attached hydrogen (secondary N) is 1. The maximum Gasteiger partial charge on any atom is 0.246 e. The van der Waals surface area contributed by atoms with Gasteiger partial charge in [0.05, 0.1) is 7.11 Å². The number of carbonyl (C=O) groups is 1. The molecule has 14 heavy (non-hydrogen) atoms. The Labute approximate surface area is 86.2 Å². The van der Waals surface area contributed by atoms with E-state index < -0.39 is 0 Å². The second-order valence-corrected chi connectivity index (χ2v) is 4.53. The van der Waals surface area contributed by atoms with E-state index in [0.717, 1.165) is 24.7 Å². The number of hydrogen-bond donors (Lipinski definition) is 1. The predicted octanol–water partition coefficient (Wildman–Crippen LogP) is 2.13. The van der Waals surface area contributed by atoms with Crippen molar-refractivity contribution in [2.24, 2.45) is 17.8 Å². The molecule has 1 aliphatic carbocycles. The Morgan fingerprint density at radius 3 is 2.29 bits per heavy atom. The molecule has 0 atom stereocenters. The van der Waals surface area contributed by atoms with Gasteiger partial charge in [-0.2, -0.15) is 0 Å². The van der Waals surface area contributed by atoms with E-state index in [2.05, 4.69) is 24.2 Å². The summed E-state index contributed by atoms with van der Waals surface area (Å²) in [4.78, 5) is 16.1. The number of amides is 1. The summed E-state index contributed by atoms with van der Waals surface area (Å²) < 4.78 is 0. The van der Waals surface area contributed by atoms with E-state index in [-0.39, 0.29) is 11.8 Å². The van der Waals surface area contributed by atoms with Crippen molar-refractivity contribution in [3.63, 3.8) is 0 Å². The van der Waals surface area contributed by atoms with Crippen molar-refractivity contribution in [2.45, 2.75) is 39.5 Å². The Hall–Kier alpha value is -0.570. The molecule has 1 aliphatic rings. The van der Waals surface area contributed by atoms with Crippen LogP contribution >= 0.6 is 0 Å². The Morgan fingerprint density at radius 2 is 1.86 bits per heavy atom. The standard InChI is InChI=1S/C11H21NO2/c1-8(2)9-4-6-10(7-5-9)11(13)12-14-3/h8-10H,4-7H2,1-3H3,(H,12,13)/t9-,10+. The summed E-state index contributed by atoms with van der Waals surface area (Å²) in [6.45, 7) is 4.53. The molecule has 3 nitrogen and oxygen atoms in total. The largest absolute Gasteiger partial charge is 0.277 e. The quantitative estimate of drug-likeness (QED) is 0.707. The van der Waals surface area contributed by atoms with Gasteiger partial charge in [-0.1, -0.05) is 13.8 Å². The lowest BCUT2D eigenvalue weighted by Crippen LogP contribution is -2.33. The summed E-state index contributed by atoms with van der Waals surface area (Å²) in [7, 11) is 1.48. The first kappa shape index (κ1) is 11.5. The van der Waals surface area contributed by atoms with Crippen LogP contribution in [0.5, 0.6) is 0 Å². The molecule has 1 N–H and O–H groups in total.